The Morgan fingerprint density at radius 2 is 1.71 bits per heavy atom. The van der Waals surface area contributed by atoms with Gasteiger partial charge in [-0.25, -0.2) is 4.57 Å². The van der Waals surface area contributed by atoms with E-state index in [-0.39, 0.29) is 22.9 Å². The summed E-state index contributed by atoms with van der Waals surface area (Å²) in [6.07, 6.45) is 4.42. The van der Waals surface area contributed by atoms with Crippen LogP contribution in [0.5, 0.6) is 11.5 Å². The fourth-order valence-corrected chi connectivity index (χ4v) is 2.03. The molecule has 1 aromatic heterocycles. The van der Waals surface area contributed by atoms with E-state index in [1.807, 2.05) is 60.3 Å². The first-order chi connectivity index (χ1) is 11.2. The fourth-order valence-electron chi connectivity index (χ4n) is 2.03. The van der Waals surface area contributed by atoms with Gasteiger partial charge in [-0.2, -0.15) is 0 Å². The van der Waals surface area contributed by atoms with Crippen LogP contribution in [0.4, 0.5) is 0 Å². The minimum Gasteiger partial charge on any atom is -1.00 e. The lowest BCUT2D eigenvalue weighted by atomic mass is 10.3. The van der Waals surface area contributed by atoms with Crippen LogP contribution in [0.15, 0.2) is 48.8 Å². The quantitative estimate of drug-likeness (QED) is 0.455. The lowest BCUT2D eigenvalue weighted by Crippen LogP contribution is -3.00. The number of pyridine rings is 1. The van der Waals surface area contributed by atoms with E-state index >= 15 is 0 Å². The van der Waals surface area contributed by atoms with E-state index in [9.17, 15) is 4.79 Å². The molecule has 5 nitrogen and oxygen atoms in total. The van der Waals surface area contributed by atoms with Crippen LogP contribution in [0.2, 0.25) is 0 Å². The van der Waals surface area contributed by atoms with Gasteiger partial charge >= 0.3 is 0 Å². The zero-order valence-corrected chi connectivity index (χ0v) is 15.6. The van der Waals surface area contributed by atoms with E-state index in [2.05, 4.69) is 5.32 Å². The number of aryl methyl sites for hydroxylation is 2. The number of ether oxygens (including phenoxy) is 2. The monoisotopic (exact) mass is 394 g/mol. The summed E-state index contributed by atoms with van der Waals surface area (Å²) in [4.78, 5) is 11.8. The summed E-state index contributed by atoms with van der Waals surface area (Å²) in [5.74, 6) is 1.57. The number of benzene rings is 1. The van der Waals surface area contributed by atoms with E-state index in [1.165, 1.54) is 5.56 Å². The van der Waals surface area contributed by atoms with Crippen LogP contribution < -0.4 is 36.3 Å². The van der Waals surface area contributed by atoms with Gasteiger partial charge in [0.25, 0.3) is 0 Å². The lowest BCUT2D eigenvalue weighted by molar-refractivity contribution is -0.695. The Kier molecular flexibility index (Phi) is 8.86. The van der Waals surface area contributed by atoms with Crippen molar-refractivity contribution in [3.63, 3.8) is 0 Å². The van der Waals surface area contributed by atoms with E-state index in [1.54, 1.807) is 7.11 Å². The third kappa shape index (κ3) is 7.00. The van der Waals surface area contributed by atoms with E-state index < -0.39 is 0 Å². The molecule has 0 spiro atoms. The van der Waals surface area contributed by atoms with Crippen molar-refractivity contribution in [3.8, 4) is 11.5 Å². The second-order valence-corrected chi connectivity index (χ2v) is 5.24. The number of carbonyl (C=O) groups is 1. The molecule has 0 aliphatic heterocycles. The summed E-state index contributed by atoms with van der Waals surface area (Å²) >= 11 is 0. The van der Waals surface area contributed by atoms with Crippen molar-refractivity contribution in [1.29, 1.82) is 0 Å². The molecule has 1 heterocycles. The third-order valence-corrected chi connectivity index (χ3v) is 3.41. The standard InChI is InChI=1S/C18H22N2O3.BrH/c1-15-7-11-20(12-8-15)13-9-18(21)19-10-14-23-17-5-3-16(22-2)4-6-17;/h3-8,11-12H,9-10,13-14H2,1-2H3;1H. The second-order valence-electron chi connectivity index (χ2n) is 5.24. The number of nitrogens with one attached hydrogen (secondary N) is 1. The molecule has 0 bridgehead atoms. The van der Waals surface area contributed by atoms with Crippen molar-refractivity contribution < 1.29 is 35.8 Å². The van der Waals surface area contributed by atoms with Gasteiger partial charge < -0.3 is 31.8 Å². The average Bonchev–Trinajstić information content (AvgIpc) is 2.59. The highest BCUT2D eigenvalue weighted by molar-refractivity contribution is 5.75. The number of hydrogen-bond acceptors (Lipinski definition) is 3. The van der Waals surface area contributed by atoms with Crippen LogP contribution in [0.1, 0.15) is 12.0 Å². The van der Waals surface area contributed by atoms with Crippen LogP contribution in [0, 0.1) is 6.92 Å². The Morgan fingerprint density at radius 1 is 1.08 bits per heavy atom. The molecule has 2 aromatic rings. The van der Waals surface area contributed by atoms with Gasteiger partial charge in [0, 0.05) is 12.1 Å². The predicted molar refractivity (Wildman–Crippen MR) is 87.5 cm³/mol. The minimum absolute atomic E-state index is 0. The topological polar surface area (TPSA) is 51.4 Å². The minimum atomic E-state index is 0. The normalized spacial score (nSPS) is 9.75. The molecule has 130 valence electrons. The van der Waals surface area contributed by atoms with Gasteiger partial charge in [0.15, 0.2) is 18.9 Å². The molecule has 24 heavy (non-hydrogen) atoms. The van der Waals surface area contributed by atoms with Crippen LogP contribution in [0.25, 0.3) is 0 Å². The second kappa shape index (κ2) is 10.6. The maximum Gasteiger partial charge on any atom is 0.226 e. The first kappa shape index (κ1) is 20.0. The number of hydrogen-bond donors (Lipinski definition) is 1. The van der Waals surface area contributed by atoms with Gasteiger partial charge in [-0.05, 0) is 36.8 Å². The van der Waals surface area contributed by atoms with Crippen LogP contribution >= 0.6 is 0 Å². The molecule has 1 aromatic carbocycles. The molecule has 6 heteroatoms. The maximum atomic E-state index is 11.8. The highest BCUT2D eigenvalue weighted by Crippen LogP contribution is 2.16. The zero-order valence-electron chi connectivity index (χ0n) is 14.0. The van der Waals surface area contributed by atoms with Gasteiger partial charge in [-0.1, -0.05) is 0 Å². The highest BCUT2D eigenvalue weighted by Gasteiger charge is 2.06. The molecule has 0 aliphatic rings. The number of amides is 1. The molecule has 2 rings (SSSR count). The Morgan fingerprint density at radius 3 is 2.33 bits per heavy atom. The van der Waals surface area contributed by atoms with E-state index in [0.717, 1.165) is 11.5 Å². The summed E-state index contributed by atoms with van der Waals surface area (Å²) in [6.45, 7) is 3.64. The number of aromatic nitrogens is 1. The van der Waals surface area contributed by atoms with E-state index in [0.29, 0.717) is 26.1 Å². The van der Waals surface area contributed by atoms with Gasteiger partial charge in [0.1, 0.15) is 18.1 Å². The predicted octanol–water partition coefficient (Wildman–Crippen LogP) is -1.12. The van der Waals surface area contributed by atoms with Crippen molar-refractivity contribution >= 4 is 5.91 Å². The van der Waals surface area contributed by atoms with Gasteiger partial charge in [0.05, 0.1) is 20.1 Å². The fraction of sp³-hybridized carbons (Fsp3) is 0.333. The smallest absolute Gasteiger partial charge is 0.226 e. The van der Waals surface area contributed by atoms with Crippen LogP contribution in [-0.4, -0.2) is 26.2 Å². The Balaban J connectivity index is 0.00000288. The SMILES string of the molecule is COc1ccc(OCCNC(=O)CC[n+]2ccc(C)cc2)cc1.[Br-]. The molecule has 0 atom stereocenters. The molecule has 0 fully saturated rings. The molecule has 1 N–H and O–H groups in total. The zero-order chi connectivity index (χ0) is 16.5. The Bertz CT molecular complexity index is 615. The highest BCUT2D eigenvalue weighted by atomic mass is 79.9. The van der Waals surface area contributed by atoms with Gasteiger partial charge in [-0.3, -0.25) is 4.79 Å². The van der Waals surface area contributed by atoms with Crippen molar-refractivity contribution in [1.82, 2.24) is 5.32 Å². The molecule has 0 saturated heterocycles. The summed E-state index contributed by atoms with van der Waals surface area (Å²) < 4.78 is 12.6. The molecule has 0 unspecified atom stereocenters. The molecule has 0 aliphatic carbocycles. The van der Waals surface area contributed by atoms with Crippen molar-refractivity contribution in [3.05, 3.63) is 54.4 Å². The Labute approximate surface area is 153 Å². The molecule has 0 radical (unpaired) electrons. The number of carbonyl (C=O) groups excluding carboxylic acids is 1. The number of rotatable bonds is 8. The summed E-state index contributed by atoms with van der Waals surface area (Å²) in [5.41, 5.74) is 1.21. The lowest BCUT2D eigenvalue weighted by Gasteiger charge is -2.08. The number of methoxy groups -OCH3 is 1. The Hall–Kier alpha value is -2.08. The first-order valence-corrected chi connectivity index (χ1v) is 7.66. The van der Waals surface area contributed by atoms with Crippen LogP contribution in [0.3, 0.4) is 0 Å². The van der Waals surface area contributed by atoms with Crippen molar-refractivity contribution in [2.45, 2.75) is 19.9 Å². The number of nitrogens with zero attached hydrogens (tertiary/aromatic N) is 1. The third-order valence-electron chi connectivity index (χ3n) is 3.41. The van der Waals surface area contributed by atoms with Crippen molar-refractivity contribution in [2.75, 3.05) is 20.3 Å². The van der Waals surface area contributed by atoms with Gasteiger partial charge in [-0.15, -0.1) is 0 Å². The largest absolute Gasteiger partial charge is 1.00 e. The molecular formula is C18H23BrN2O3. The maximum absolute atomic E-state index is 11.8. The molecule has 0 saturated carbocycles. The van der Waals surface area contributed by atoms with Crippen LogP contribution in [-0.2, 0) is 11.3 Å². The van der Waals surface area contributed by atoms with E-state index in [4.69, 9.17) is 9.47 Å². The first-order valence-electron chi connectivity index (χ1n) is 7.66. The summed E-state index contributed by atoms with van der Waals surface area (Å²) in [6, 6.07) is 11.4. The summed E-state index contributed by atoms with van der Waals surface area (Å²) in [5, 5.41) is 2.86. The van der Waals surface area contributed by atoms with Gasteiger partial charge in [0.2, 0.25) is 5.91 Å². The summed E-state index contributed by atoms with van der Waals surface area (Å²) in [7, 11) is 1.63. The molecular weight excluding hydrogens is 372 g/mol. The van der Waals surface area contributed by atoms with Crippen molar-refractivity contribution in [2.24, 2.45) is 0 Å². The average molecular weight is 395 g/mol. The number of halogens is 1. The molecule has 1 amide bonds.